The van der Waals surface area contributed by atoms with Crippen LogP contribution in [0.15, 0.2) is 70.6 Å². The number of hydrogen-bond donors (Lipinski definition) is 1. The minimum absolute atomic E-state index is 0.315. The van der Waals surface area contributed by atoms with Crippen LogP contribution in [-0.4, -0.2) is 14.6 Å². The first-order valence-electron chi connectivity index (χ1n) is 9.07. The Kier molecular flexibility index (Phi) is 5.66. The lowest BCUT2D eigenvalue weighted by Gasteiger charge is -2.15. The monoisotopic (exact) mass is 392 g/mol. The summed E-state index contributed by atoms with van der Waals surface area (Å²) in [4.78, 5) is 4.81. The fourth-order valence-corrected chi connectivity index (χ4v) is 4.79. The fourth-order valence-electron chi connectivity index (χ4n) is 3.26. The highest BCUT2D eigenvalue weighted by Crippen LogP contribution is 2.29. The van der Waals surface area contributed by atoms with Gasteiger partial charge in [-0.2, -0.15) is 0 Å². The van der Waals surface area contributed by atoms with Crippen molar-refractivity contribution < 1.29 is 8.42 Å². The number of aliphatic imine (C=N–C) groups is 1. The number of anilines is 1. The lowest BCUT2D eigenvalue weighted by atomic mass is 10.1. The molecule has 0 aliphatic carbocycles. The molecule has 0 heterocycles. The number of nitrogens with one attached hydrogen (secondary N) is 1. The second-order valence-corrected chi connectivity index (χ2v) is 8.64. The molecule has 0 unspecified atom stereocenters. The molecule has 3 rings (SSSR count). The van der Waals surface area contributed by atoms with Gasteiger partial charge in [-0.25, -0.2) is 8.42 Å². The number of benzene rings is 3. The molecule has 28 heavy (non-hydrogen) atoms. The van der Waals surface area contributed by atoms with Gasteiger partial charge in [0.1, 0.15) is 0 Å². The van der Waals surface area contributed by atoms with Gasteiger partial charge >= 0.3 is 0 Å². The van der Waals surface area contributed by atoms with Gasteiger partial charge in [-0.1, -0.05) is 59.7 Å². The van der Waals surface area contributed by atoms with Crippen molar-refractivity contribution in [2.75, 3.05) is 4.72 Å². The van der Waals surface area contributed by atoms with Crippen LogP contribution in [-0.2, 0) is 10.0 Å². The van der Waals surface area contributed by atoms with E-state index in [1.54, 1.807) is 24.4 Å². The summed E-state index contributed by atoms with van der Waals surface area (Å²) < 4.78 is 28.8. The summed E-state index contributed by atoms with van der Waals surface area (Å²) in [6.07, 6.45) is 1.73. The second kappa shape index (κ2) is 7.98. The molecule has 0 fully saturated rings. The van der Waals surface area contributed by atoms with Gasteiger partial charge in [0.15, 0.2) is 0 Å². The molecule has 3 aromatic rings. The Hall–Kier alpha value is -2.92. The van der Waals surface area contributed by atoms with Crippen molar-refractivity contribution in [3.05, 3.63) is 88.5 Å². The Labute approximate surface area is 167 Å². The summed E-state index contributed by atoms with van der Waals surface area (Å²) in [5, 5.41) is 0. The number of nitrogens with zero attached hydrogens (tertiary/aromatic N) is 1. The van der Waals surface area contributed by atoms with Gasteiger partial charge in [-0.3, -0.25) is 9.71 Å². The van der Waals surface area contributed by atoms with E-state index in [2.05, 4.69) is 9.71 Å². The third kappa shape index (κ3) is 4.49. The van der Waals surface area contributed by atoms with Crippen molar-refractivity contribution in [2.45, 2.75) is 32.6 Å². The van der Waals surface area contributed by atoms with Crippen LogP contribution in [0.5, 0.6) is 0 Å². The van der Waals surface area contributed by atoms with Gasteiger partial charge < -0.3 is 0 Å². The van der Waals surface area contributed by atoms with E-state index in [0.717, 1.165) is 22.3 Å². The van der Waals surface area contributed by atoms with Gasteiger partial charge in [0.2, 0.25) is 0 Å². The Bertz CT molecular complexity index is 1110. The molecule has 5 heteroatoms. The molecule has 0 aliphatic heterocycles. The highest BCUT2D eigenvalue weighted by Gasteiger charge is 2.21. The molecule has 0 saturated heterocycles. The number of aryl methyl sites for hydroxylation is 4. The zero-order chi connectivity index (χ0) is 20.3. The lowest BCUT2D eigenvalue weighted by Crippen LogP contribution is -2.16. The molecule has 3 aromatic carbocycles. The van der Waals surface area contributed by atoms with Gasteiger partial charge in [0.05, 0.1) is 16.3 Å². The summed E-state index contributed by atoms with van der Waals surface area (Å²) in [5.41, 5.74) is 5.63. The number of hydrogen-bond acceptors (Lipinski definition) is 3. The van der Waals surface area contributed by atoms with Crippen LogP contribution in [0.25, 0.3) is 0 Å². The van der Waals surface area contributed by atoms with E-state index in [0.29, 0.717) is 16.3 Å². The minimum Gasteiger partial charge on any atom is -0.277 e. The van der Waals surface area contributed by atoms with Gasteiger partial charge in [-0.15, -0.1) is 0 Å². The van der Waals surface area contributed by atoms with E-state index < -0.39 is 10.0 Å². The molecule has 0 radical (unpaired) electrons. The molecule has 0 amide bonds. The average Bonchev–Trinajstić information content (AvgIpc) is 2.61. The Balaban J connectivity index is 1.94. The van der Waals surface area contributed by atoms with Crippen LogP contribution in [0.2, 0.25) is 0 Å². The summed E-state index contributed by atoms with van der Waals surface area (Å²) in [5.74, 6) is 0. The van der Waals surface area contributed by atoms with Crippen LogP contribution >= 0.6 is 0 Å². The fraction of sp³-hybridized carbons (Fsp3) is 0.174. The molecule has 0 atom stereocenters. The summed E-state index contributed by atoms with van der Waals surface area (Å²) in [6.45, 7) is 7.62. The molecular weight excluding hydrogens is 368 g/mol. The Morgan fingerprint density at radius 1 is 0.821 bits per heavy atom. The molecule has 0 aromatic heterocycles. The van der Waals surface area contributed by atoms with Crippen molar-refractivity contribution in [1.29, 1.82) is 0 Å². The molecule has 4 nitrogen and oxygen atoms in total. The Morgan fingerprint density at radius 3 is 2.07 bits per heavy atom. The van der Waals surface area contributed by atoms with Crippen LogP contribution in [0, 0.1) is 27.7 Å². The van der Waals surface area contributed by atoms with Gasteiger partial charge in [0, 0.05) is 6.21 Å². The third-order valence-electron chi connectivity index (χ3n) is 4.45. The maximum Gasteiger partial charge on any atom is 0.262 e. The van der Waals surface area contributed by atoms with E-state index in [-0.39, 0.29) is 0 Å². The first kappa shape index (κ1) is 19.8. The van der Waals surface area contributed by atoms with E-state index in [4.69, 9.17) is 0 Å². The number of sulfonamides is 1. The second-order valence-electron chi connectivity index (χ2n) is 7.02. The molecule has 144 valence electrons. The van der Waals surface area contributed by atoms with Crippen molar-refractivity contribution in [1.82, 2.24) is 0 Å². The van der Waals surface area contributed by atoms with E-state index in [9.17, 15) is 8.42 Å². The molecule has 0 aliphatic rings. The first-order chi connectivity index (χ1) is 13.3. The number of para-hydroxylation sites is 2. The molecular formula is C23H24N2O2S. The predicted octanol–water partition coefficient (Wildman–Crippen LogP) is 5.47. The summed E-state index contributed by atoms with van der Waals surface area (Å²) in [6, 6.07) is 18.9. The Morgan fingerprint density at radius 2 is 1.43 bits per heavy atom. The molecule has 0 spiro atoms. The van der Waals surface area contributed by atoms with Gasteiger partial charge in [-0.05, 0) is 56.5 Å². The van der Waals surface area contributed by atoms with Crippen LogP contribution in [0.1, 0.15) is 27.8 Å². The predicted molar refractivity (Wildman–Crippen MR) is 116 cm³/mol. The number of rotatable bonds is 5. The minimum atomic E-state index is -3.73. The van der Waals surface area contributed by atoms with Crippen molar-refractivity contribution in [3.8, 4) is 0 Å². The van der Waals surface area contributed by atoms with Crippen LogP contribution in [0.3, 0.4) is 0 Å². The quantitative estimate of drug-likeness (QED) is 0.585. The summed E-state index contributed by atoms with van der Waals surface area (Å²) in [7, 11) is -3.73. The standard InChI is InChI=1S/C23H24N2O2S/c1-16-9-11-20(12-10-16)15-24-21-7-5-6-8-22(21)25-28(26,27)23-18(3)13-17(2)14-19(23)4/h5-15,25H,1-4H3. The van der Waals surface area contributed by atoms with Crippen molar-refractivity contribution in [2.24, 2.45) is 4.99 Å². The van der Waals surface area contributed by atoms with E-state index in [1.807, 2.05) is 70.2 Å². The van der Waals surface area contributed by atoms with Crippen molar-refractivity contribution >= 4 is 27.6 Å². The zero-order valence-electron chi connectivity index (χ0n) is 16.5. The lowest BCUT2D eigenvalue weighted by molar-refractivity contribution is 0.600. The van der Waals surface area contributed by atoms with Crippen LogP contribution in [0.4, 0.5) is 11.4 Å². The highest BCUT2D eigenvalue weighted by molar-refractivity contribution is 7.92. The largest absolute Gasteiger partial charge is 0.277 e. The highest BCUT2D eigenvalue weighted by atomic mass is 32.2. The molecule has 0 saturated carbocycles. The zero-order valence-corrected chi connectivity index (χ0v) is 17.3. The third-order valence-corrected chi connectivity index (χ3v) is 6.12. The normalized spacial score (nSPS) is 11.7. The maximum atomic E-state index is 13.1. The molecule has 0 bridgehead atoms. The summed E-state index contributed by atoms with van der Waals surface area (Å²) >= 11 is 0. The maximum absolute atomic E-state index is 13.1. The SMILES string of the molecule is Cc1ccc(C=Nc2ccccc2NS(=O)(=O)c2c(C)cc(C)cc2C)cc1. The molecule has 1 N–H and O–H groups in total. The first-order valence-corrected chi connectivity index (χ1v) is 10.5. The van der Waals surface area contributed by atoms with Crippen molar-refractivity contribution in [3.63, 3.8) is 0 Å². The average molecular weight is 393 g/mol. The topological polar surface area (TPSA) is 58.5 Å². The van der Waals surface area contributed by atoms with Gasteiger partial charge in [0.25, 0.3) is 10.0 Å². The van der Waals surface area contributed by atoms with E-state index in [1.165, 1.54) is 5.56 Å². The smallest absolute Gasteiger partial charge is 0.262 e. The van der Waals surface area contributed by atoms with Crippen LogP contribution < -0.4 is 4.72 Å². The van der Waals surface area contributed by atoms with E-state index >= 15 is 0 Å².